The van der Waals surface area contributed by atoms with E-state index in [-0.39, 0.29) is 0 Å². The first-order chi connectivity index (χ1) is 13.1. The van der Waals surface area contributed by atoms with E-state index < -0.39 is 11.8 Å². The maximum Gasteiger partial charge on any atom is 0.385 e. The van der Waals surface area contributed by atoms with E-state index in [0.29, 0.717) is 11.3 Å². The van der Waals surface area contributed by atoms with Crippen molar-refractivity contribution in [2.75, 3.05) is 0 Å². The second kappa shape index (κ2) is 11.3. The number of rotatable bonds is 11. The maximum absolute atomic E-state index is 12.3. The Hall–Kier alpha value is -2.42. The van der Waals surface area contributed by atoms with Crippen LogP contribution in [0.3, 0.4) is 0 Å². The number of aryl methyl sites for hydroxylation is 2. The number of unbranched alkanes of at least 4 members (excludes halogenated alkanes) is 4. The first kappa shape index (κ1) is 20.9. The van der Waals surface area contributed by atoms with Crippen LogP contribution in [0.5, 0.6) is 5.75 Å². The molecule has 0 aliphatic carbocycles. The molecule has 2 aromatic carbocycles. The second-order valence-corrected chi connectivity index (χ2v) is 6.97. The summed E-state index contributed by atoms with van der Waals surface area (Å²) in [4.78, 5) is 24.4. The van der Waals surface area contributed by atoms with Gasteiger partial charge in [0.25, 0.3) is 5.78 Å². The molecule has 0 aliphatic heterocycles. The Bertz CT molecular complexity index is 714. The smallest absolute Gasteiger partial charge is 0.385 e. The third kappa shape index (κ3) is 7.01. The SMILES string of the molecule is CCCCCc1ccc(OC(=O)C(=O)c2ccc(CCCCC)cc2)cc1. The van der Waals surface area contributed by atoms with Crippen molar-refractivity contribution in [3.05, 3.63) is 65.2 Å². The van der Waals surface area contributed by atoms with E-state index >= 15 is 0 Å². The van der Waals surface area contributed by atoms with Crippen LogP contribution in [-0.4, -0.2) is 11.8 Å². The van der Waals surface area contributed by atoms with Crippen LogP contribution in [0.4, 0.5) is 0 Å². The number of hydrogen-bond acceptors (Lipinski definition) is 3. The molecule has 0 unspecified atom stereocenters. The molecule has 0 heterocycles. The molecule has 0 spiro atoms. The van der Waals surface area contributed by atoms with Gasteiger partial charge in [0.1, 0.15) is 5.75 Å². The molecule has 0 atom stereocenters. The van der Waals surface area contributed by atoms with Crippen LogP contribution in [-0.2, 0) is 17.6 Å². The Morgan fingerprint density at radius 2 is 1.19 bits per heavy atom. The van der Waals surface area contributed by atoms with Crippen LogP contribution in [0.25, 0.3) is 0 Å². The molecule has 0 aromatic heterocycles. The number of hydrogen-bond donors (Lipinski definition) is 0. The van der Waals surface area contributed by atoms with Crippen molar-refractivity contribution in [1.82, 2.24) is 0 Å². The molecule has 0 saturated heterocycles. The van der Waals surface area contributed by atoms with Crippen LogP contribution in [0.15, 0.2) is 48.5 Å². The Morgan fingerprint density at radius 3 is 1.67 bits per heavy atom. The minimum Gasteiger partial charge on any atom is -0.421 e. The number of carbonyl (C=O) groups excluding carboxylic acids is 2. The molecule has 0 aliphatic rings. The molecule has 0 amide bonds. The van der Waals surface area contributed by atoms with Crippen molar-refractivity contribution >= 4 is 11.8 Å². The molecule has 2 aromatic rings. The van der Waals surface area contributed by atoms with E-state index in [2.05, 4.69) is 13.8 Å². The summed E-state index contributed by atoms with van der Waals surface area (Å²) in [5.74, 6) is -1.04. The summed E-state index contributed by atoms with van der Waals surface area (Å²) in [6.45, 7) is 4.35. The Kier molecular flexibility index (Phi) is 8.76. The molecule has 2 rings (SSSR count). The van der Waals surface area contributed by atoms with Crippen molar-refractivity contribution in [2.45, 2.75) is 65.2 Å². The van der Waals surface area contributed by atoms with Crippen LogP contribution in [0.2, 0.25) is 0 Å². The van der Waals surface area contributed by atoms with Crippen LogP contribution >= 0.6 is 0 Å². The largest absolute Gasteiger partial charge is 0.421 e. The van der Waals surface area contributed by atoms with Crippen molar-refractivity contribution in [3.63, 3.8) is 0 Å². The van der Waals surface area contributed by atoms with Gasteiger partial charge in [-0.3, -0.25) is 4.79 Å². The van der Waals surface area contributed by atoms with Gasteiger partial charge in [-0.1, -0.05) is 75.9 Å². The first-order valence-electron chi connectivity index (χ1n) is 10.1. The fourth-order valence-corrected chi connectivity index (χ4v) is 2.98. The molecule has 0 bridgehead atoms. The van der Waals surface area contributed by atoms with Gasteiger partial charge < -0.3 is 4.74 Å². The Labute approximate surface area is 162 Å². The van der Waals surface area contributed by atoms with E-state index in [1.165, 1.54) is 36.8 Å². The lowest BCUT2D eigenvalue weighted by Crippen LogP contribution is -2.20. The highest BCUT2D eigenvalue weighted by Gasteiger charge is 2.18. The topological polar surface area (TPSA) is 43.4 Å². The standard InChI is InChI=1S/C24H30O3/c1-3-5-7-9-19-11-15-21(16-12-19)23(25)24(26)27-22-17-13-20(14-18-22)10-8-6-4-2/h11-18H,3-10H2,1-2H3. The van der Waals surface area contributed by atoms with E-state index in [1.807, 2.05) is 24.3 Å². The summed E-state index contributed by atoms with van der Waals surface area (Å²) < 4.78 is 5.23. The summed E-state index contributed by atoms with van der Waals surface area (Å²) in [5.41, 5.74) is 2.77. The number of ether oxygens (including phenoxy) is 1. The third-order valence-electron chi connectivity index (χ3n) is 4.67. The zero-order chi connectivity index (χ0) is 19.5. The lowest BCUT2D eigenvalue weighted by molar-refractivity contribution is -0.129. The predicted molar refractivity (Wildman–Crippen MR) is 109 cm³/mol. The summed E-state index contributed by atoms with van der Waals surface area (Å²) in [5, 5.41) is 0. The molecule has 0 N–H and O–H groups in total. The third-order valence-corrected chi connectivity index (χ3v) is 4.67. The highest BCUT2D eigenvalue weighted by molar-refractivity contribution is 6.41. The van der Waals surface area contributed by atoms with E-state index in [0.717, 1.165) is 25.7 Å². The number of carbonyl (C=O) groups is 2. The fraction of sp³-hybridized carbons (Fsp3) is 0.417. The molecular weight excluding hydrogens is 336 g/mol. The minimum absolute atomic E-state index is 0.371. The maximum atomic E-state index is 12.3. The van der Waals surface area contributed by atoms with E-state index in [9.17, 15) is 9.59 Å². The summed E-state index contributed by atoms with van der Waals surface area (Å²) >= 11 is 0. The average molecular weight is 367 g/mol. The van der Waals surface area contributed by atoms with Crippen LogP contribution in [0, 0.1) is 0 Å². The van der Waals surface area contributed by atoms with Gasteiger partial charge in [0.2, 0.25) is 0 Å². The van der Waals surface area contributed by atoms with Gasteiger partial charge in [0.05, 0.1) is 0 Å². The molecular formula is C24H30O3. The van der Waals surface area contributed by atoms with Crippen molar-refractivity contribution < 1.29 is 14.3 Å². The van der Waals surface area contributed by atoms with Gasteiger partial charge in [-0.2, -0.15) is 0 Å². The van der Waals surface area contributed by atoms with Crippen LogP contribution in [0.1, 0.15) is 73.9 Å². The Morgan fingerprint density at radius 1 is 0.704 bits per heavy atom. The summed E-state index contributed by atoms with van der Waals surface area (Å²) in [6, 6.07) is 14.7. The van der Waals surface area contributed by atoms with E-state index in [4.69, 9.17) is 4.74 Å². The average Bonchev–Trinajstić information content (AvgIpc) is 2.69. The van der Waals surface area contributed by atoms with Gasteiger partial charge in [-0.15, -0.1) is 0 Å². The lowest BCUT2D eigenvalue weighted by Gasteiger charge is -2.06. The predicted octanol–water partition coefficient (Wildman–Crippen LogP) is 5.94. The quantitative estimate of drug-likeness (QED) is 0.162. The Balaban J connectivity index is 1.88. The summed E-state index contributed by atoms with van der Waals surface area (Å²) in [7, 11) is 0. The van der Waals surface area contributed by atoms with Crippen molar-refractivity contribution in [1.29, 1.82) is 0 Å². The van der Waals surface area contributed by atoms with Crippen LogP contribution < -0.4 is 4.74 Å². The molecule has 3 heteroatoms. The van der Waals surface area contributed by atoms with Crippen molar-refractivity contribution in [3.8, 4) is 5.75 Å². The van der Waals surface area contributed by atoms with Gasteiger partial charge >= 0.3 is 5.97 Å². The summed E-state index contributed by atoms with van der Waals surface area (Å²) in [6.07, 6.45) is 9.10. The number of esters is 1. The zero-order valence-electron chi connectivity index (χ0n) is 16.5. The molecule has 27 heavy (non-hydrogen) atoms. The molecule has 0 fully saturated rings. The number of benzene rings is 2. The van der Waals surface area contributed by atoms with Gasteiger partial charge in [-0.25, -0.2) is 4.79 Å². The molecule has 144 valence electrons. The van der Waals surface area contributed by atoms with Gasteiger partial charge in [0, 0.05) is 5.56 Å². The highest BCUT2D eigenvalue weighted by Crippen LogP contribution is 2.16. The van der Waals surface area contributed by atoms with Crippen molar-refractivity contribution in [2.24, 2.45) is 0 Å². The van der Waals surface area contributed by atoms with Gasteiger partial charge in [0.15, 0.2) is 0 Å². The molecule has 0 radical (unpaired) electrons. The monoisotopic (exact) mass is 366 g/mol. The minimum atomic E-state index is -0.840. The molecule has 3 nitrogen and oxygen atoms in total. The second-order valence-electron chi connectivity index (χ2n) is 6.97. The van der Waals surface area contributed by atoms with Gasteiger partial charge in [-0.05, 0) is 48.9 Å². The normalized spacial score (nSPS) is 10.6. The number of ketones is 1. The number of Topliss-reactive ketones (excluding diaryl/α,β-unsaturated/α-hetero) is 1. The van der Waals surface area contributed by atoms with E-state index in [1.54, 1.807) is 24.3 Å². The highest BCUT2D eigenvalue weighted by atomic mass is 16.5. The fourth-order valence-electron chi connectivity index (χ4n) is 2.98. The zero-order valence-corrected chi connectivity index (χ0v) is 16.5. The lowest BCUT2D eigenvalue weighted by atomic mass is 10.0. The molecule has 0 saturated carbocycles. The first-order valence-corrected chi connectivity index (χ1v) is 10.1.